The number of urea groups is 1. The molecule has 3 rings (SSSR count). The fourth-order valence-electron chi connectivity index (χ4n) is 3.05. The highest BCUT2D eigenvalue weighted by Crippen LogP contribution is 2.46. The Bertz CT molecular complexity index is 844. The van der Waals surface area contributed by atoms with Gasteiger partial charge >= 0.3 is 6.03 Å². The highest BCUT2D eigenvalue weighted by atomic mass is 35.5. The lowest BCUT2D eigenvalue weighted by molar-refractivity contribution is 0.150. The lowest BCUT2D eigenvalue weighted by Crippen LogP contribution is -2.24. The Labute approximate surface area is 169 Å². The third-order valence-corrected chi connectivity index (χ3v) is 5.78. The molecule has 1 fully saturated rings. The Hall–Kier alpha value is -1.63. The van der Waals surface area contributed by atoms with E-state index in [-0.39, 0.29) is 17.9 Å². The number of amides is 2. The van der Waals surface area contributed by atoms with Crippen LogP contribution in [0.1, 0.15) is 69.1 Å². The molecular weight excluding hydrogens is 384 g/mol. The van der Waals surface area contributed by atoms with Crippen molar-refractivity contribution < 1.29 is 14.3 Å². The molecule has 146 valence electrons. The molecule has 27 heavy (non-hydrogen) atoms. The van der Waals surface area contributed by atoms with Gasteiger partial charge in [0.15, 0.2) is 5.09 Å². The van der Waals surface area contributed by atoms with Crippen LogP contribution in [0.4, 0.5) is 10.5 Å². The first-order chi connectivity index (χ1) is 12.7. The summed E-state index contributed by atoms with van der Waals surface area (Å²) in [5, 5.41) is 14.2. The Kier molecular flexibility index (Phi) is 5.79. The smallest absolute Gasteiger partial charge is 0.329 e. The van der Waals surface area contributed by atoms with Crippen LogP contribution in [0.3, 0.4) is 0 Å². The van der Waals surface area contributed by atoms with E-state index in [1.54, 1.807) is 12.3 Å². The number of nitrogens with one attached hydrogen (secondary N) is 2. The monoisotopic (exact) mass is 408 g/mol. The number of rotatable bonds is 6. The molecule has 2 aromatic rings. The van der Waals surface area contributed by atoms with Gasteiger partial charge in [-0.05, 0) is 47.9 Å². The second-order valence-electron chi connectivity index (χ2n) is 7.58. The first kappa shape index (κ1) is 20.1. The predicted octanol–water partition coefficient (Wildman–Crippen LogP) is 5.99. The average Bonchev–Trinajstić information content (AvgIpc) is 3.16. The van der Waals surface area contributed by atoms with Crippen LogP contribution in [-0.4, -0.2) is 11.1 Å². The van der Waals surface area contributed by atoms with E-state index in [0.29, 0.717) is 10.1 Å². The summed E-state index contributed by atoms with van der Waals surface area (Å²) in [4.78, 5) is 12.5. The van der Waals surface area contributed by atoms with Crippen molar-refractivity contribution in [3.63, 3.8) is 0 Å². The molecule has 0 atom stereocenters. The second kappa shape index (κ2) is 7.78. The minimum absolute atomic E-state index is 0.172. The molecule has 0 saturated heterocycles. The van der Waals surface area contributed by atoms with Gasteiger partial charge in [0, 0.05) is 22.5 Å². The van der Waals surface area contributed by atoms with Crippen LogP contribution in [0.2, 0.25) is 5.02 Å². The fourth-order valence-corrected chi connectivity index (χ4v) is 3.96. The number of benzene rings is 1. The van der Waals surface area contributed by atoms with E-state index in [0.717, 1.165) is 47.2 Å². The van der Waals surface area contributed by atoms with Gasteiger partial charge in [-0.15, -0.1) is 0 Å². The van der Waals surface area contributed by atoms with Gasteiger partial charge in [0.25, 0.3) is 0 Å². The maximum Gasteiger partial charge on any atom is 0.329 e. The van der Waals surface area contributed by atoms with Crippen LogP contribution < -0.4 is 10.0 Å². The molecule has 1 aromatic heterocycles. The first-order valence-electron chi connectivity index (χ1n) is 9.09. The van der Waals surface area contributed by atoms with E-state index in [4.69, 9.17) is 16.0 Å². The number of hydrogen-bond acceptors (Lipinski definition) is 4. The number of carbonyl (C=O) groups is 1. The maximum absolute atomic E-state index is 12.5. The van der Waals surface area contributed by atoms with Gasteiger partial charge in [-0.2, -0.15) is 0 Å². The summed E-state index contributed by atoms with van der Waals surface area (Å²) in [6.07, 6.45) is 3.03. The average molecular weight is 409 g/mol. The molecule has 0 spiro atoms. The molecule has 1 saturated carbocycles. The minimum Gasteiger partial charge on any atom is -0.456 e. The Morgan fingerprint density at radius 1 is 1.26 bits per heavy atom. The fraction of sp³-hybridized carbons (Fsp3) is 0.450. The largest absolute Gasteiger partial charge is 0.456 e. The molecule has 1 aromatic carbocycles. The standard InChI is InChI=1S/C20H25ClN2O3S/c1-11(2)14-5-6-15(21)17(12(3)4)18(14)22-19(24)23-27-16-9-13(10-26-16)20(25)7-8-20/h5-6,9-12,25H,7-8H2,1-4H3,(H2,22,23,24). The minimum atomic E-state index is -0.746. The van der Waals surface area contributed by atoms with E-state index in [2.05, 4.69) is 37.7 Å². The molecule has 0 bridgehead atoms. The van der Waals surface area contributed by atoms with E-state index >= 15 is 0 Å². The molecular formula is C20H25ClN2O3S. The van der Waals surface area contributed by atoms with E-state index in [1.165, 1.54) is 0 Å². The van der Waals surface area contributed by atoms with Gasteiger partial charge in [-0.3, -0.25) is 4.72 Å². The highest BCUT2D eigenvalue weighted by molar-refractivity contribution is 7.97. The lowest BCUT2D eigenvalue weighted by Gasteiger charge is -2.21. The van der Waals surface area contributed by atoms with Crippen molar-refractivity contribution in [2.45, 2.75) is 63.1 Å². The zero-order valence-electron chi connectivity index (χ0n) is 15.9. The van der Waals surface area contributed by atoms with Gasteiger partial charge in [-0.1, -0.05) is 45.4 Å². The lowest BCUT2D eigenvalue weighted by atomic mass is 9.92. The summed E-state index contributed by atoms with van der Waals surface area (Å²) in [6, 6.07) is 5.25. The summed E-state index contributed by atoms with van der Waals surface area (Å²) in [7, 11) is 0. The van der Waals surface area contributed by atoms with Gasteiger partial charge in [0.1, 0.15) is 0 Å². The number of aliphatic hydroxyl groups is 1. The topological polar surface area (TPSA) is 74.5 Å². The SMILES string of the molecule is CC(C)c1ccc(Cl)c(C(C)C)c1NC(=O)NSc1cc(C2(O)CC2)co1. The summed E-state index contributed by atoms with van der Waals surface area (Å²) in [5.74, 6) is 0.417. The number of halogens is 1. The molecule has 7 heteroatoms. The summed E-state index contributed by atoms with van der Waals surface area (Å²) < 4.78 is 8.15. The Morgan fingerprint density at radius 2 is 1.96 bits per heavy atom. The molecule has 5 nitrogen and oxygen atoms in total. The zero-order valence-corrected chi connectivity index (χ0v) is 17.5. The van der Waals surface area contributed by atoms with Crippen molar-refractivity contribution in [3.8, 4) is 0 Å². The molecule has 0 radical (unpaired) electrons. The van der Waals surface area contributed by atoms with Gasteiger partial charge in [0.05, 0.1) is 17.6 Å². The van der Waals surface area contributed by atoms with E-state index in [9.17, 15) is 9.90 Å². The molecule has 1 aliphatic rings. The summed E-state index contributed by atoms with van der Waals surface area (Å²) in [5.41, 5.74) is 2.74. The molecule has 0 unspecified atom stereocenters. The predicted molar refractivity (Wildman–Crippen MR) is 109 cm³/mol. The maximum atomic E-state index is 12.5. The van der Waals surface area contributed by atoms with Gasteiger partial charge in [-0.25, -0.2) is 4.79 Å². The highest BCUT2D eigenvalue weighted by Gasteiger charge is 2.43. The van der Waals surface area contributed by atoms with Crippen LogP contribution in [0.15, 0.2) is 34.0 Å². The second-order valence-corrected chi connectivity index (χ2v) is 8.80. The summed E-state index contributed by atoms with van der Waals surface area (Å²) >= 11 is 7.47. The molecule has 1 heterocycles. The van der Waals surface area contributed by atoms with Crippen molar-refractivity contribution >= 4 is 35.3 Å². The van der Waals surface area contributed by atoms with Crippen LogP contribution in [0.5, 0.6) is 0 Å². The third-order valence-electron chi connectivity index (χ3n) is 4.74. The van der Waals surface area contributed by atoms with Crippen molar-refractivity contribution in [1.82, 2.24) is 4.72 Å². The van der Waals surface area contributed by atoms with Crippen molar-refractivity contribution in [2.24, 2.45) is 0 Å². The van der Waals surface area contributed by atoms with Crippen molar-refractivity contribution in [3.05, 3.63) is 46.2 Å². The number of hydrogen-bond donors (Lipinski definition) is 3. The quantitative estimate of drug-likeness (QED) is 0.513. The number of carbonyl (C=O) groups excluding carboxylic acids is 1. The summed E-state index contributed by atoms with van der Waals surface area (Å²) in [6.45, 7) is 8.27. The molecule has 1 aliphatic carbocycles. The van der Waals surface area contributed by atoms with E-state index < -0.39 is 5.60 Å². The molecule has 3 N–H and O–H groups in total. The van der Waals surface area contributed by atoms with Crippen LogP contribution in [-0.2, 0) is 5.60 Å². The van der Waals surface area contributed by atoms with Crippen LogP contribution in [0, 0.1) is 0 Å². The van der Waals surface area contributed by atoms with Crippen molar-refractivity contribution in [1.29, 1.82) is 0 Å². The molecule has 2 amide bonds. The number of anilines is 1. The van der Waals surface area contributed by atoms with Gasteiger partial charge < -0.3 is 14.8 Å². The van der Waals surface area contributed by atoms with Crippen LogP contribution >= 0.6 is 23.5 Å². The Balaban J connectivity index is 1.71. The van der Waals surface area contributed by atoms with Gasteiger partial charge in [0.2, 0.25) is 0 Å². The normalized spacial score (nSPS) is 15.3. The number of furan rings is 1. The van der Waals surface area contributed by atoms with E-state index in [1.807, 2.05) is 12.1 Å². The van der Waals surface area contributed by atoms with Crippen LogP contribution in [0.25, 0.3) is 0 Å². The van der Waals surface area contributed by atoms with Crippen molar-refractivity contribution in [2.75, 3.05) is 5.32 Å². The Morgan fingerprint density at radius 3 is 2.56 bits per heavy atom. The zero-order chi connectivity index (χ0) is 19.8. The third kappa shape index (κ3) is 4.45. The first-order valence-corrected chi connectivity index (χ1v) is 10.3. The molecule has 0 aliphatic heterocycles.